The fraction of sp³-hybridized carbons (Fsp3) is 0.586. The highest BCUT2D eigenvalue weighted by Crippen LogP contribution is 2.29. The molecule has 11 heteroatoms. The van der Waals surface area contributed by atoms with Crippen molar-refractivity contribution in [2.24, 2.45) is 11.1 Å². The zero-order valence-electron chi connectivity index (χ0n) is 24.4. The Kier molecular flexibility index (Phi) is 10.8. The second-order valence-corrected chi connectivity index (χ2v) is 12.6. The first-order valence-corrected chi connectivity index (χ1v) is 14.7. The van der Waals surface area contributed by atoms with Gasteiger partial charge in [0.15, 0.2) is 0 Å². The SMILES string of the molecule is Cc1ncsc1-c1ccc([C@H](C)NC(=O)[C@@H]2C[C@@H](O)CN2C(=O)[C@@H](NC(=O)CN(C)CCCN)C(C)(C)C)cc1. The number of thiazole rings is 1. The number of nitrogens with one attached hydrogen (secondary N) is 2. The molecule has 0 aliphatic carbocycles. The standard InChI is InChI=1S/C29H44N6O4S/c1-18(20-8-10-21(11-9-20)25-19(2)31-17-40-25)32-27(38)23-14-22(36)15-35(23)28(39)26(29(3,4)5)33-24(37)16-34(6)13-7-12-30/h8-11,17-18,22-23,26,36H,7,12-16,30H2,1-6H3,(H,32,38)(H,33,37)/t18-,22+,23-,26+/m0/s1. The van der Waals surface area contributed by atoms with Crippen LogP contribution in [0.4, 0.5) is 0 Å². The molecule has 1 fully saturated rings. The Hall–Kier alpha value is -2.86. The molecule has 2 aromatic rings. The fourth-order valence-corrected chi connectivity index (χ4v) is 5.72. The summed E-state index contributed by atoms with van der Waals surface area (Å²) in [5.74, 6) is -0.987. The van der Waals surface area contributed by atoms with Crippen molar-refractivity contribution in [1.82, 2.24) is 25.4 Å². The molecule has 1 aromatic carbocycles. The van der Waals surface area contributed by atoms with E-state index in [-0.39, 0.29) is 43.3 Å². The predicted octanol–water partition coefficient (Wildman–Crippen LogP) is 2.07. The van der Waals surface area contributed by atoms with E-state index in [1.165, 1.54) is 4.90 Å². The number of carbonyl (C=O) groups is 3. The number of rotatable bonds is 11. The summed E-state index contributed by atoms with van der Waals surface area (Å²) in [7, 11) is 1.83. The van der Waals surface area contributed by atoms with Crippen LogP contribution in [0.15, 0.2) is 29.8 Å². The van der Waals surface area contributed by atoms with Crippen molar-refractivity contribution in [2.75, 3.05) is 33.2 Å². The number of likely N-dealkylation sites (N-methyl/N-ethyl adjacent to an activating group) is 1. The minimum Gasteiger partial charge on any atom is -0.391 e. The lowest BCUT2D eigenvalue weighted by atomic mass is 9.85. The van der Waals surface area contributed by atoms with Gasteiger partial charge in [0.2, 0.25) is 17.7 Å². The molecule has 3 rings (SSSR count). The van der Waals surface area contributed by atoms with Gasteiger partial charge in [-0.2, -0.15) is 0 Å². The van der Waals surface area contributed by atoms with Crippen molar-refractivity contribution in [2.45, 2.75) is 71.7 Å². The predicted molar refractivity (Wildman–Crippen MR) is 158 cm³/mol. The van der Waals surface area contributed by atoms with Gasteiger partial charge in [-0.15, -0.1) is 11.3 Å². The van der Waals surface area contributed by atoms with Crippen LogP contribution >= 0.6 is 11.3 Å². The van der Waals surface area contributed by atoms with Crippen LogP contribution in [-0.4, -0.2) is 89.0 Å². The number of carbonyl (C=O) groups excluding carboxylic acids is 3. The van der Waals surface area contributed by atoms with E-state index in [4.69, 9.17) is 5.73 Å². The van der Waals surface area contributed by atoms with Gasteiger partial charge in [0.25, 0.3) is 0 Å². The van der Waals surface area contributed by atoms with Crippen LogP contribution in [0.1, 0.15) is 57.8 Å². The molecule has 1 aromatic heterocycles. The summed E-state index contributed by atoms with van der Waals surface area (Å²) in [5.41, 5.74) is 9.75. The van der Waals surface area contributed by atoms with Gasteiger partial charge in [-0.25, -0.2) is 4.98 Å². The highest BCUT2D eigenvalue weighted by Gasteiger charge is 2.44. The number of hydrogen-bond acceptors (Lipinski definition) is 8. The summed E-state index contributed by atoms with van der Waals surface area (Å²) in [6, 6.07) is 5.97. The van der Waals surface area contributed by atoms with Gasteiger partial charge in [-0.05, 0) is 56.9 Å². The molecule has 4 atom stereocenters. The van der Waals surface area contributed by atoms with Crippen molar-refractivity contribution >= 4 is 29.1 Å². The first-order valence-electron chi connectivity index (χ1n) is 13.8. The molecule has 40 heavy (non-hydrogen) atoms. The quantitative estimate of drug-likeness (QED) is 0.323. The topological polar surface area (TPSA) is 141 Å². The monoisotopic (exact) mass is 572 g/mol. The summed E-state index contributed by atoms with van der Waals surface area (Å²) < 4.78 is 0. The van der Waals surface area contributed by atoms with Gasteiger partial charge in [-0.3, -0.25) is 19.3 Å². The van der Waals surface area contributed by atoms with Crippen LogP contribution < -0.4 is 16.4 Å². The lowest BCUT2D eigenvalue weighted by molar-refractivity contribution is -0.144. The van der Waals surface area contributed by atoms with Crippen molar-refractivity contribution in [3.8, 4) is 10.4 Å². The minimum atomic E-state index is -0.858. The number of nitrogens with two attached hydrogens (primary N) is 1. The number of β-amino-alcohol motifs (C(OH)–C–C–N with tert-alkyl or cyclic N) is 1. The van der Waals surface area contributed by atoms with E-state index in [9.17, 15) is 19.5 Å². The largest absolute Gasteiger partial charge is 0.391 e. The number of hydrogen-bond donors (Lipinski definition) is 4. The van der Waals surface area contributed by atoms with Gasteiger partial charge in [0.05, 0.1) is 34.8 Å². The molecule has 1 aliphatic heterocycles. The zero-order valence-corrected chi connectivity index (χ0v) is 25.3. The summed E-state index contributed by atoms with van der Waals surface area (Å²) in [5, 5.41) is 16.3. The molecule has 1 aliphatic rings. The van der Waals surface area contributed by atoms with Crippen LogP contribution in [0, 0.1) is 12.3 Å². The van der Waals surface area contributed by atoms with Crippen LogP contribution in [0.5, 0.6) is 0 Å². The molecule has 0 saturated carbocycles. The highest BCUT2D eigenvalue weighted by atomic mass is 32.1. The van der Waals surface area contributed by atoms with Gasteiger partial charge in [0.1, 0.15) is 12.1 Å². The molecule has 2 heterocycles. The molecule has 0 spiro atoms. The molecule has 3 amide bonds. The third kappa shape index (κ3) is 8.09. The number of nitrogens with zero attached hydrogens (tertiary/aromatic N) is 3. The summed E-state index contributed by atoms with van der Waals surface area (Å²) in [4.78, 5) is 48.7. The maximum absolute atomic E-state index is 13.8. The number of aryl methyl sites for hydroxylation is 1. The van der Waals surface area contributed by atoms with E-state index in [2.05, 4.69) is 15.6 Å². The van der Waals surface area contributed by atoms with E-state index in [0.717, 1.165) is 28.1 Å². The number of amides is 3. The second kappa shape index (κ2) is 13.7. The zero-order chi connectivity index (χ0) is 29.6. The highest BCUT2D eigenvalue weighted by molar-refractivity contribution is 7.13. The Labute approximate surface area is 241 Å². The Bertz CT molecular complexity index is 1160. The number of aliphatic hydroxyl groups is 1. The van der Waals surface area contributed by atoms with Crippen LogP contribution in [0.3, 0.4) is 0 Å². The Morgan fingerprint density at radius 1 is 1.23 bits per heavy atom. The molecule has 0 bridgehead atoms. The number of aromatic nitrogens is 1. The average molecular weight is 573 g/mol. The lowest BCUT2D eigenvalue weighted by Gasteiger charge is -2.36. The van der Waals surface area contributed by atoms with Crippen molar-refractivity contribution < 1.29 is 19.5 Å². The summed E-state index contributed by atoms with van der Waals surface area (Å²) in [6.45, 7) is 10.8. The maximum atomic E-state index is 13.8. The van der Waals surface area contributed by atoms with Crippen LogP contribution in [-0.2, 0) is 14.4 Å². The first-order chi connectivity index (χ1) is 18.8. The molecule has 1 saturated heterocycles. The van der Waals surface area contributed by atoms with Crippen molar-refractivity contribution in [1.29, 1.82) is 0 Å². The fourth-order valence-electron chi connectivity index (χ4n) is 4.91. The summed E-state index contributed by atoms with van der Waals surface area (Å²) in [6.07, 6.45) is 0.0820. The minimum absolute atomic E-state index is 0.0348. The molecule has 0 unspecified atom stereocenters. The smallest absolute Gasteiger partial charge is 0.246 e. The van der Waals surface area contributed by atoms with E-state index < -0.39 is 23.6 Å². The molecular weight excluding hydrogens is 528 g/mol. The Morgan fingerprint density at radius 2 is 1.90 bits per heavy atom. The van der Waals surface area contributed by atoms with Crippen molar-refractivity contribution in [3.05, 3.63) is 41.0 Å². The number of benzene rings is 1. The second-order valence-electron chi connectivity index (χ2n) is 11.8. The molecule has 10 nitrogen and oxygen atoms in total. The Morgan fingerprint density at radius 3 is 2.48 bits per heavy atom. The number of likely N-dealkylation sites (tertiary alicyclic amines) is 1. The van der Waals surface area contributed by atoms with E-state index in [0.29, 0.717) is 13.1 Å². The molecule has 5 N–H and O–H groups in total. The molecule has 220 valence electrons. The van der Waals surface area contributed by atoms with Gasteiger partial charge >= 0.3 is 0 Å². The van der Waals surface area contributed by atoms with Gasteiger partial charge < -0.3 is 26.4 Å². The van der Waals surface area contributed by atoms with Crippen molar-refractivity contribution in [3.63, 3.8) is 0 Å². The third-order valence-electron chi connectivity index (χ3n) is 7.22. The van der Waals surface area contributed by atoms with E-state index in [1.807, 2.05) is 76.3 Å². The normalized spacial score (nSPS) is 19.0. The number of aliphatic hydroxyl groups excluding tert-OH is 1. The Balaban J connectivity index is 1.69. The summed E-state index contributed by atoms with van der Waals surface area (Å²) >= 11 is 1.59. The van der Waals surface area contributed by atoms with E-state index in [1.54, 1.807) is 11.3 Å². The maximum Gasteiger partial charge on any atom is 0.246 e. The van der Waals surface area contributed by atoms with Crippen LogP contribution in [0.2, 0.25) is 0 Å². The van der Waals surface area contributed by atoms with Gasteiger partial charge in [-0.1, -0.05) is 45.0 Å². The third-order valence-corrected chi connectivity index (χ3v) is 8.20. The van der Waals surface area contributed by atoms with Crippen LogP contribution in [0.25, 0.3) is 10.4 Å². The molecule has 0 radical (unpaired) electrons. The molecular formula is C29H44N6O4S. The van der Waals surface area contributed by atoms with Gasteiger partial charge in [0, 0.05) is 13.0 Å². The van der Waals surface area contributed by atoms with E-state index >= 15 is 0 Å². The lowest BCUT2D eigenvalue weighted by Crippen LogP contribution is -2.58. The first kappa shape index (κ1) is 31.7. The average Bonchev–Trinajstić information content (AvgIpc) is 3.50.